The molecule has 2 N–H and O–H groups in total. The number of esters is 1. The number of ether oxygens (including phenoxy) is 1. The normalized spacial score (nSPS) is 19.0. The van der Waals surface area contributed by atoms with Crippen LogP contribution in [0.2, 0.25) is 0 Å². The van der Waals surface area contributed by atoms with E-state index in [2.05, 4.69) is 11.4 Å². The Morgan fingerprint density at radius 2 is 1.80 bits per heavy atom. The average molecular weight is 339 g/mol. The van der Waals surface area contributed by atoms with Crippen molar-refractivity contribution in [3.05, 3.63) is 65.2 Å². The Labute approximate surface area is 147 Å². The summed E-state index contributed by atoms with van der Waals surface area (Å²) in [6.45, 7) is 2.82. The number of fused-ring (bicyclic) bond motifs is 1. The van der Waals surface area contributed by atoms with Gasteiger partial charge in [-0.25, -0.2) is 4.79 Å². The predicted molar refractivity (Wildman–Crippen MR) is 95.3 cm³/mol. The maximum Gasteiger partial charge on any atom is 0.365 e. The maximum atomic E-state index is 12.5. The number of methoxy groups -OCH3 is 1. The van der Waals surface area contributed by atoms with Gasteiger partial charge in [0.25, 0.3) is 5.91 Å². The lowest BCUT2D eigenvalue weighted by atomic mass is 9.94. The van der Waals surface area contributed by atoms with Crippen LogP contribution in [-0.2, 0) is 27.3 Å². The molecule has 0 spiro atoms. The van der Waals surface area contributed by atoms with Gasteiger partial charge in [-0.05, 0) is 24.1 Å². The molecular formula is C20H23N2O3+. The minimum Gasteiger partial charge on any atom is -0.465 e. The second kappa shape index (κ2) is 7.49. The summed E-state index contributed by atoms with van der Waals surface area (Å²) in [6, 6.07) is 15.4. The molecular weight excluding hydrogens is 316 g/mol. The van der Waals surface area contributed by atoms with Gasteiger partial charge in [-0.1, -0.05) is 42.5 Å². The summed E-state index contributed by atoms with van der Waals surface area (Å²) in [6.07, 6.45) is 0.593. The molecule has 5 heteroatoms. The van der Waals surface area contributed by atoms with Crippen LogP contribution < -0.4 is 10.2 Å². The third-order valence-electron chi connectivity index (χ3n) is 4.75. The van der Waals surface area contributed by atoms with E-state index in [0.29, 0.717) is 13.0 Å². The zero-order valence-electron chi connectivity index (χ0n) is 14.5. The number of nitrogens with one attached hydrogen (secondary N) is 2. The molecule has 0 aromatic heterocycles. The largest absolute Gasteiger partial charge is 0.465 e. The molecule has 130 valence electrons. The molecule has 0 saturated carbocycles. The van der Waals surface area contributed by atoms with Crippen molar-refractivity contribution in [2.75, 3.05) is 19.0 Å². The van der Waals surface area contributed by atoms with E-state index in [4.69, 9.17) is 4.74 Å². The minimum absolute atomic E-state index is 0.0995. The van der Waals surface area contributed by atoms with Crippen molar-refractivity contribution in [3.8, 4) is 0 Å². The number of rotatable bonds is 4. The highest BCUT2D eigenvalue weighted by Gasteiger charge is 2.37. The van der Waals surface area contributed by atoms with Gasteiger partial charge in [0.1, 0.15) is 6.54 Å². The molecule has 5 nitrogen and oxygen atoms in total. The van der Waals surface area contributed by atoms with Crippen LogP contribution in [0, 0.1) is 6.92 Å². The van der Waals surface area contributed by atoms with Crippen molar-refractivity contribution in [1.82, 2.24) is 0 Å². The molecule has 1 unspecified atom stereocenters. The second-order valence-electron chi connectivity index (χ2n) is 6.42. The number of aryl methyl sites for hydroxylation is 1. The first-order valence-electron chi connectivity index (χ1n) is 8.43. The molecule has 0 saturated heterocycles. The van der Waals surface area contributed by atoms with Gasteiger partial charge in [0.2, 0.25) is 0 Å². The number of hydrogen-bond donors (Lipinski definition) is 2. The Morgan fingerprint density at radius 3 is 2.52 bits per heavy atom. The van der Waals surface area contributed by atoms with E-state index >= 15 is 0 Å². The fourth-order valence-corrected chi connectivity index (χ4v) is 3.35. The Morgan fingerprint density at radius 1 is 1.12 bits per heavy atom. The molecule has 1 aliphatic heterocycles. The molecule has 1 heterocycles. The quantitative estimate of drug-likeness (QED) is 0.821. The molecule has 2 aromatic rings. The van der Waals surface area contributed by atoms with Crippen molar-refractivity contribution in [3.63, 3.8) is 0 Å². The Hall–Kier alpha value is -2.66. The molecule has 3 rings (SSSR count). The Kier molecular flexibility index (Phi) is 5.14. The van der Waals surface area contributed by atoms with E-state index in [1.165, 1.54) is 12.7 Å². The zero-order valence-corrected chi connectivity index (χ0v) is 14.5. The van der Waals surface area contributed by atoms with Gasteiger partial charge in [-0.3, -0.25) is 4.79 Å². The Bertz CT molecular complexity index is 788. The number of amides is 1. The minimum atomic E-state index is -0.359. The van der Waals surface area contributed by atoms with Crippen molar-refractivity contribution < 1.29 is 19.2 Å². The molecule has 1 aliphatic rings. The first kappa shape index (κ1) is 17.2. The first-order chi connectivity index (χ1) is 12.1. The standard InChI is InChI=1S/C20H22N2O3/c1-14-7-3-6-10-17(14)21-19(23)13-22-12-16-9-5-4-8-15(16)11-18(22)20(24)25-2/h3-10,18H,11-13H2,1-2H3,(H,21,23)/p+1/t18-/m1/s1. The molecule has 25 heavy (non-hydrogen) atoms. The van der Waals surface area contributed by atoms with E-state index in [9.17, 15) is 9.59 Å². The van der Waals surface area contributed by atoms with Crippen molar-refractivity contribution in [1.29, 1.82) is 0 Å². The van der Waals surface area contributed by atoms with Crippen LogP contribution in [0.25, 0.3) is 0 Å². The van der Waals surface area contributed by atoms with E-state index < -0.39 is 0 Å². The summed E-state index contributed by atoms with van der Waals surface area (Å²) in [5.41, 5.74) is 4.15. The van der Waals surface area contributed by atoms with Crippen LogP contribution in [0.5, 0.6) is 0 Å². The zero-order chi connectivity index (χ0) is 17.8. The number of anilines is 1. The van der Waals surface area contributed by atoms with Crippen LogP contribution >= 0.6 is 0 Å². The highest BCUT2D eigenvalue weighted by molar-refractivity contribution is 5.92. The van der Waals surface area contributed by atoms with Crippen LogP contribution in [0.15, 0.2) is 48.5 Å². The highest BCUT2D eigenvalue weighted by atomic mass is 16.5. The van der Waals surface area contributed by atoms with Crippen molar-refractivity contribution in [2.45, 2.75) is 25.9 Å². The summed E-state index contributed by atoms with van der Waals surface area (Å²) in [5.74, 6) is -0.370. The van der Waals surface area contributed by atoms with Crippen LogP contribution in [-0.4, -0.2) is 31.6 Å². The second-order valence-corrected chi connectivity index (χ2v) is 6.42. The van der Waals surface area contributed by atoms with Crippen LogP contribution in [0.4, 0.5) is 5.69 Å². The van der Waals surface area contributed by atoms with Crippen molar-refractivity contribution >= 4 is 17.6 Å². The molecule has 0 aliphatic carbocycles. The lowest BCUT2D eigenvalue weighted by Crippen LogP contribution is -3.17. The SMILES string of the molecule is COC(=O)[C@H]1Cc2ccccc2C[NH+]1CC(=O)Nc1ccccc1C. The fourth-order valence-electron chi connectivity index (χ4n) is 3.35. The van der Waals surface area contributed by atoms with E-state index in [1.54, 1.807) is 0 Å². The maximum absolute atomic E-state index is 12.5. The lowest BCUT2D eigenvalue weighted by molar-refractivity contribution is -0.924. The molecule has 0 fully saturated rings. The Balaban J connectivity index is 1.75. The third kappa shape index (κ3) is 3.88. The molecule has 2 atom stereocenters. The first-order valence-corrected chi connectivity index (χ1v) is 8.43. The van der Waals surface area contributed by atoms with Crippen LogP contribution in [0.3, 0.4) is 0 Å². The number of hydrogen-bond acceptors (Lipinski definition) is 3. The third-order valence-corrected chi connectivity index (χ3v) is 4.75. The van der Waals surface area contributed by atoms with Gasteiger partial charge in [0.15, 0.2) is 12.6 Å². The number of quaternary nitrogens is 1. The fraction of sp³-hybridized carbons (Fsp3) is 0.300. The van der Waals surface area contributed by atoms with Gasteiger partial charge in [-0.2, -0.15) is 0 Å². The number of carbonyl (C=O) groups excluding carboxylic acids is 2. The van der Waals surface area contributed by atoms with Gasteiger partial charge in [0, 0.05) is 17.7 Å². The monoisotopic (exact) mass is 339 g/mol. The highest BCUT2D eigenvalue weighted by Crippen LogP contribution is 2.15. The number of para-hydroxylation sites is 1. The summed E-state index contributed by atoms with van der Waals surface area (Å²) >= 11 is 0. The number of benzene rings is 2. The molecule has 1 amide bonds. The van der Waals surface area contributed by atoms with Gasteiger partial charge in [0.05, 0.1) is 7.11 Å². The molecule has 0 bridgehead atoms. The topological polar surface area (TPSA) is 59.8 Å². The van der Waals surface area contributed by atoms with Crippen LogP contribution in [0.1, 0.15) is 16.7 Å². The smallest absolute Gasteiger partial charge is 0.365 e. The summed E-state index contributed by atoms with van der Waals surface area (Å²) < 4.78 is 4.96. The van der Waals surface area contributed by atoms with Crippen molar-refractivity contribution in [2.24, 2.45) is 0 Å². The average Bonchev–Trinajstić information content (AvgIpc) is 2.62. The van der Waals surface area contributed by atoms with Gasteiger partial charge in [-0.15, -0.1) is 0 Å². The lowest BCUT2D eigenvalue weighted by Gasteiger charge is -2.31. The molecule has 0 radical (unpaired) electrons. The summed E-state index contributed by atoms with van der Waals surface area (Å²) in [7, 11) is 1.40. The van der Waals surface area contributed by atoms with Gasteiger partial charge < -0.3 is 15.0 Å². The summed E-state index contributed by atoms with van der Waals surface area (Å²) in [5, 5.41) is 2.95. The van der Waals surface area contributed by atoms with E-state index in [0.717, 1.165) is 21.7 Å². The summed E-state index contributed by atoms with van der Waals surface area (Å²) in [4.78, 5) is 25.6. The number of carbonyl (C=O) groups is 2. The van der Waals surface area contributed by atoms with E-state index in [1.807, 2.05) is 49.4 Å². The van der Waals surface area contributed by atoms with E-state index in [-0.39, 0.29) is 24.5 Å². The predicted octanol–water partition coefficient (Wildman–Crippen LogP) is 1.12. The van der Waals surface area contributed by atoms with Gasteiger partial charge >= 0.3 is 5.97 Å². The molecule has 2 aromatic carbocycles.